The first-order valence-electron chi connectivity index (χ1n) is 10.7. The van der Waals surface area contributed by atoms with Crippen molar-refractivity contribution in [2.24, 2.45) is 0 Å². The van der Waals surface area contributed by atoms with Gasteiger partial charge in [0.25, 0.3) is 0 Å². The van der Waals surface area contributed by atoms with Crippen molar-refractivity contribution in [1.29, 1.82) is 0 Å². The molecule has 1 saturated heterocycles. The summed E-state index contributed by atoms with van der Waals surface area (Å²) in [5.74, 6) is -0.471. The summed E-state index contributed by atoms with van der Waals surface area (Å²) in [4.78, 5) is 13.5. The van der Waals surface area contributed by atoms with Crippen molar-refractivity contribution < 1.29 is 21.6 Å². The van der Waals surface area contributed by atoms with Gasteiger partial charge >= 0.3 is 0 Å². The lowest BCUT2D eigenvalue weighted by Crippen LogP contribution is -2.43. The van der Waals surface area contributed by atoms with Gasteiger partial charge in [0, 0.05) is 26.3 Å². The molecule has 1 aliphatic rings. The number of sulfonamides is 2. The average molecular weight is 494 g/mol. The number of anilines is 1. The number of aryl methyl sites for hydroxylation is 4. The summed E-state index contributed by atoms with van der Waals surface area (Å²) in [7, 11) is -4.70. The van der Waals surface area contributed by atoms with Gasteiger partial charge in [-0.15, -0.1) is 0 Å². The van der Waals surface area contributed by atoms with Crippen LogP contribution in [0.25, 0.3) is 0 Å². The predicted molar refractivity (Wildman–Crippen MR) is 128 cm³/mol. The summed E-state index contributed by atoms with van der Waals surface area (Å²) < 4.78 is 54.4. The van der Waals surface area contributed by atoms with Gasteiger partial charge in [0.15, 0.2) is 0 Å². The molecule has 2 aromatic carbocycles. The Labute approximate surface area is 196 Å². The van der Waals surface area contributed by atoms with Gasteiger partial charge in [-0.25, -0.2) is 21.1 Å². The van der Waals surface area contributed by atoms with Crippen LogP contribution >= 0.6 is 0 Å². The van der Waals surface area contributed by atoms with Crippen LogP contribution in [-0.2, 0) is 24.8 Å². The van der Waals surface area contributed by atoms with E-state index < -0.39 is 32.0 Å². The third kappa shape index (κ3) is 4.84. The summed E-state index contributed by atoms with van der Waals surface area (Å²) in [5, 5.41) is 2.77. The summed E-state index contributed by atoms with van der Waals surface area (Å²) in [5.41, 5.74) is 3.29. The monoisotopic (exact) mass is 493 g/mol. The lowest BCUT2D eigenvalue weighted by molar-refractivity contribution is -0.119. The minimum atomic E-state index is -3.89. The molecule has 0 bridgehead atoms. The van der Waals surface area contributed by atoms with Gasteiger partial charge in [0.05, 0.1) is 9.79 Å². The zero-order chi connectivity index (χ0) is 24.7. The molecule has 33 heavy (non-hydrogen) atoms. The van der Waals surface area contributed by atoms with Crippen molar-refractivity contribution in [1.82, 2.24) is 8.61 Å². The third-order valence-electron chi connectivity index (χ3n) is 5.92. The van der Waals surface area contributed by atoms with Gasteiger partial charge in [-0.1, -0.05) is 23.8 Å². The predicted octanol–water partition coefficient (Wildman–Crippen LogP) is 2.96. The fourth-order valence-electron chi connectivity index (χ4n) is 4.30. The van der Waals surface area contributed by atoms with E-state index in [2.05, 4.69) is 5.32 Å². The van der Waals surface area contributed by atoms with Crippen molar-refractivity contribution in [2.45, 2.75) is 56.4 Å². The first-order chi connectivity index (χ1) is 15.3. The summed E-state index contributed by atoms with van der Waals surface area (Å²) in [6, 6.07) is 7.29. The van der Waals surface area contributed by atoms with Gasteiger partial charge in [-0.3, -0.25) is 4.79 Å². The van der Waals surface area contributed by atoms with Crippen LogP contribution in [0, 0.1) is 27.7 Å². The van der Waals surface area contributed by atoms with Gasteiger partial charge in [-0.2, -0.15) is 4.31 Å². The van der Waals surface area contributed by atoms with E-state index in [1.165, 1.54) is 30.5 Å². The minimum absolute atomic E-state index is 0.0511. The highest BCUT2D eigenvalue weighted by molar-refractivity contribution is 7.89. The van der Waals surface area contributed by atoms with E-state index in [0.29, 0.717) is 35.2 Å². The second-order valence-electron chi connectivity index (χ2n) is 8.76. The number of benzene rings is 2. The Morgan fingerprint density at radius 1 is 0.970 bits per heavy atom. The van der Waals surface area contributed by atoms with Crippen LogP contribution in [0.1, 0.15) is 35.1 Å². The Morgan fingerprint density at radius 3 is 2.15 bits per heavy atom. The smallest absolute Gasteiger partial charge is 0.244 e. The highest BCUT2D eigenvalue weighted by Gasteiger charge is 2.40. The Kier molecular flexibility index (Phi) is 7.05. The van der Waals surface area contributed by atoms with E-state index in [1.54, 1.807) is 26.8 Å². The van der Waals surface area contributed by atoms with E-state index >= 15 is 0 Å². The first kappa shape index (κ1) is 25.4. The maximum absolute atomic E-state index is 13.5. The molecule has 1 amide bonds. The van der Waals surface area contributed by atoms with Crippen molar-refractivity contribution in [3.05, 3.63) is 52.6 Å². The van der Waals surface area contributed by atoms with Crippen molar-refractivity contribution in [2.75, 3.05) is 26.0 Å². The number of nitrogens with zero attached hydrogens (tertiary/aromatic N) is 2. The molecule has 0 radical (unpaired) electrons. The fourth-order valence-corrected chi connectivity index (χ4v) is 7.30. The highest BCUT2D eigenvalue weighted by Crippen LogP contribution is 2.31. The van der Waals surface area contributed by atoms with E-state index in [0.717, 1.165) is 9.87 Å². The topological polar surface area (TPSA) is 104 Å². The molecule has 1 N–H and O–H groups in total. The van der Waals surface area contributed by atoms with Crippen LogP contribution in [0.15, 0.2) is 40.1 Å². The molecule has 2 aromatic rings. The molecular formula is C23H31N3O5S2. The maximum atomic E-state index is 13.5. The molecule has 0 saturated carbocycles. The number of carbonyl (C=O) groups is 1. The second-order valence-corrected chi connectivity index (χ2v) is 12.7. The Balaban J connectivity index is 1.93. The van der Waals surface area contributed by atoms with E-state index in [-0.39, 0.29) is 16.3 Å². The molecule has 0 spiro atoms. The average Bonchev–Trinajstić information content (AvgIpc) is 3.19. The Hall–Kier alpha value is -2.27. The molecule has 0 aromatic heterocycles. The number of amides is 1. The van der Waals surface area contributed by atoms with Crippen LogP contribution in [0.4, 0.5) is 5.69 Å². The van der Waals surface area contributed by atoms with Crippen molar-refractivity contribution in [3.63, 3.8) is 0 Å². The largest absolute Gasteiger partial charge is 0.324 e. The normalized spacial score (nSPS) is 17.5. The lowest BCUT2D eigenvalue weighted by atomic mass is 10.1. The van der Waals surface area contributed by atoms with Crippen LogP contribution in [-0.4, -0.2) is 58.0 Å². The molecule has 1 fully saturated rings. The molecule has 180 valence electrons. The van der Waals surface area contributed by atoms with Crippen LogP contribution < -0.4 is 5.32 Å². The first-order valence-corrected chi connectivity index (χ1v) is 13.6. The Bertz CT molecular complexity index is 1280. The molecule has 8 nitrogen and oxygen atoms in total. The molecule has 1 atom stereocenters. The van der Waals surface area contributed by atoms with Crippen LogP contribution in [0.3, 0.4) is 0 Å². The number of carbonyl (C=O) groups excluding carboxylic acids is 1. The van der Waals surface area contributed by atoms with E-state index in [1.807, 2.05) is 19.1 Å². The minimum Gasteiger partial charge on any atom is -0.324 e. The zero-order valence-electron chi connectivity index (χ0n) is 19.8. The number of rotatable bonds is 6. The standard InChI is InChI=1S/C23H31N3O5S2/c1-15-12-17(3)22(18(4)13-15)33(30,31)26-11-7-8-21(26)23(27)24-20-14-19(10-9-16(20)2)32(28,29)25(5)6/h9-10,12-14,21H,7-8,11H2,1-6H3,(H,24,27). The fraction of sp³-hybridized carbons (Fsp3) is 0.435. The third-order valence-corrected chi connectivity index (χ3v) is 9.95. The summed E-state index contributed by atoms with van der Waals surface area (Å²) in [6.07, 6.45) is 0.957. The van der Waals surface area contributed by atoms with Gasteiger partial charge in [0.2, 0.25) is 26.0 Å². The molecule has 1 unspecified atom stereocenters. The molecular weight excluding hydrogens is 462 g/mol. The van der Waals surface area contributed by atoms with Crippen LogP contribution in [0.5, 0.6) is 0 Å². The van der Waals surface area contributed by atoms with Crippen molar-refractivity contribution in [3.8, 4) is 0 Å². The molecule has 1 heterocycles. The van der Waals surface area contributed by atoms with E-state index in [9.17, 15) is 21.6 Å². The van der Waals surface area contributed by atoms with Gasteiger partial charge < -0.3 is 5.32 Å². The van der Waals surface area contributed by atoms with E-state index in [4.69, 9.17) is 0 Å². The maximum Gasteiger partial charge on any atom is 0.244 e. The summed E-state index contributed by atoms with van der Waals surface area (Å²) in [6.45, 7) is 7.44. The number of hydrogen-bond donors (Lipinski definition) is 1. The molecule has 3 rings (SSSR count). The zero-order valence-corrected chi connectivity index (χ0v) is 21.5. The summed E-state index contributed by atoms with van der Waals surface area (Å²) >= 11 is 0. The SMILES string of the molecule is Cc1cc(C)c(S(=O)(=O)N2CCCC2C(=O)Nc2cc(S(=O)(=O)N(C)C)ccc2C)c(C)c1. The molecule has 10 heteroatoms. The Morgan fingerprint density at radius 2 is 1.58 bits per heavy atom. The van der Waals surface area contributed by atoms with Gasteiger partial charge in [-0.05, 0) is 69.4 Å². The second kappa shape index (κ2) is 9.17. The number of hydrogen-bond acceptors (Lipinski definition) is 5. The molecule has 1 aliphatic heterocycles. The quantitative estimate of drug-likeness (QED) is 0.666. The van der Waals surface area contributed by atoms with Crippen LogP contribution in [0.2, 0.25) is 0 Å². The lowest BCUT2D eigenvalue weighted by Gasteiger charge is -2.25. The van der Waals surface area contributed by atoms with Crippen molar-refractivity contribution >= 4 is 31.6 Å². The number of nitrogens with one attached hydrogen (secondary N) is 1. The molecule has 0 aliphatic carbocycles. The van der Waals surface area contributed by atoms with Gasteiger partial charge in [0.1, 0.15) is 6.04 Å². The highest BCUT2D eigenvalue weighted by atomic mass is 32.2.